The van der Waals surface area contributed by atoms with Crippen molar-refractivity contribution in [1.29, 1.82) is 0 Å². The average molecular weight is 235 g/mol. The van der Waals surface area contributed by atoms with Gasteiger partial charge in [0.05, 0.1) is 0 Å². The minimum Gasteiger partial charge on any atom is -0.381 e. The Morgan fingerprint density at radius 1 is 1.19 bits per heavy atom. The molecule has 0 bridgehead atoms. The van der Waals surface area contributed by atoms with Crippen molar-refractivity contribution < 1.29 is 4.74 Å². The maximum Gasteiger partial charge on any atom is 0.0480 e. The first-order valence-electron chi connectivity index (χ1n) is 5.99. The molecule has 1 aromatic carbocycles. The molecule has 1 saturated heterocycles. The van der Waals surface area contributed by atoms with Crippen LogP contribution in [0.5, 0.6) is 0 Å². The molecule has 3 rings (SSSR count). The van der Waals surface area contributed by atoms with Gasteiger partial charge < -0.3 is 10.1 Å². The summed E-state index contributed by atoms with van der Waals surface area (Å²) in [6.45, 7) is 1.83. The lowest BCUT2D eigenvalue weighted by atomic mass is 10.0. The van der Waals surface area contributed by atoms with E-state index in [2.05, 4.69) is 29.6 Å². The fraction of sp³-hybridized carbons (Fsp3) is 0.538. The van der Waals surface area contributed by atoms with Gasteiger partial charge in [-0.3, -0.25) is 0 Å². The second-order valence-electron chi connectivity index (χ2n) is 4.45. The zero-order chi connectivity index (χ0) is 10.8. The molecule has 3 heteroatoms. The van der Waals surface area contributed by atoms with Gasteiger partial charge in [-0.25, -0.2) is 0 Å². The normalized spacial score (nSPS) is 25.6. The van der Waals surface area contributed by atoms with E-state index in [-0.39, 0.29) is 0 Å². The van der Waals surface area contributed by atoms with Crippen molar-refractivity contribution in [1.82, 2.24) is 5.32 Å². The topological polar surface area (TPSA) is 21.3 Å². The third-order valence-electron chi connectivity index (χ3n) is 3.36. The van der Waals surface area contributed by atoms with Crippen molar-refractivity contribution in [3.8, 4) is 0 Å². The highest BCUT2D eigenvalue weighted by molar-refractivity contribution is 7.99. The van der Waals surface area contributed by atoms with Crippen LogP contribution in [-0.4, -0.2) is 25.0 Å². The van der Waals surface area contributed by atoms with Gasteiger partial charge in [0.25, 0.3) is 0 Å². The van der Waals surface area contributed by atoms with Crippen molar-refractivity contribution in [3.63, 3.8) is 0 Å². The van der Waals surface area contributed by atoms with Crippen LogP contribution in [0.1, 0.15) is 24.4 Å². The highest BCUT2D eigenvalue weighted by Gasteiger charge is 2.25. The van der Waals surface area contributed by atoms with Crippen LogP contribution in [-0.2, 0) is 4.74 Å². The first kappa shape index (κ1) is 10.6. The highest BCUT2D eigenvalue weighted by Crippen LogP contribution is 2.38. The quantitative estimate of drug-likeness (QED) is 0.851. The zero-order valence-corrected chi connectivity index (χ0v) is 10.1. The van der Waals surface area contributed by atoms with Crippen molar-refractivity contribution in [2.45, 2.75) is 29.8 Å². The smallest absolute Gasteiger partial charge is 0.0480 e. The second kappa shape index (κ2) is 4.78. The van der Waals surface area contributed by atoms with E-state index in [0.29, 0.717) is 12.1 Å². The first-order chi connectivity index (χ1) is 7.93. The predicted octanol–water partition coefficient (Wildman–Crippen LogP) is 2.60. The van der Waals surface area contributed by atoms with Crippen molar-refractivity contribution >= 4 is 11.8 Å². The van der Waals surface area contributed by atoms with Crippen LogP contribution in [0.3, 0.4) is 0 Å². The molecule has 0 spiro atoms. The van der Waals surface area contributed by atoms with Crippen LogP contribution in [0.2, 0.25) is 0 Å². The summed E-state index contributed by atoms with van der Waals surface area (Å²) in [6.07, 6.45) is 2.31. The number of rotatable bonds is 2. The Bertz CT molecular complexity index is 363. The van der Waals surface area contributed by atoms with Crippen LogP contribution in [0.25, 0.3) is 0 Å². The summed E-state index contributed by atoms with van der Waals surface area (Å²) in [6, 6.07) is 9.94. The number of benzene rings is 1. The van der Waals surface area contributed by atoms with Gasteiger partial charge in [0.1, 0.15) is 0 Å². The molecule has 2 heterocycles. The molecule has 1 unspecified atom stereocenters. The van der Waals surface area contributed by atoms with E-state index in [1.54, 1.807) is 0 Å². The fourth-order valence-corrected chi connectivity index (χ4v) is 3.62. The summed E-state index contributed by atoms with van der Waals surface area (Å²) in [4.78, 5) is 1.45. The van der Waals surface area contributed by atoms with Crippen molar-refractivity contribution in [2.24, 2.45) is 0 Å². The summed E-state index contributed by atoms with van der Waals surface area (Å²) in [5.41, 5.74) is 1.49. The van der Waals surface area contributed by atoms with Gasteiger partial charge in [-0.1, -0.05) is 18.2 Å². The molecule has 0 aromatic heterocycles. The van der Waals surface area contributed by atoms with Gasteiger partial charge in [0.2, 0.25) is 0 Å². The molecule has 0 amide bonds. The van der Waals surface area contributed by atoms with E-state index in [1.165, 1.54) is 16.2 Å². The molecule has 86 valence electrons. The third kappa shape index (κ3) is 2.12. The Morgan fingerprint density at radius 2 is 2.00 bits per heavy atom. The maximum absolute atomic E-state index is 5.39. The molecule has 0 aliphatic carbocycles. The molecule has 0 radical (unpaired) electrons. The number of hydrogen-bond acceptors (Lipinski definition) is 3. The summed E-state index contributed by atoms with van der Waals surface area (Å²) < 4.78 is 5.39. The fourth-order valence-electron chi connectivity index (χ4n) is 2.45. The van der Waals surface area contributed by atoms with E-state index in [0.717, 1.165) is 26.1 Å². The summed E-state index contributed by atoms with van der Waals surface area (Å²) in [7, 11) is 0. The lowest BCUT2D eigenvalue weighted by molar-refractivity contribution is 0.0756. The third-order valence-corrected chi connectivity index (χ3v) is 4.54. The van der Waals surface area contributed by atoms with Crippen LogP contribution in [0.4, 0.5) is 0 Å². The molecule has 2 nitrogen and oxygen atoms in total. The minimum atomic E-state index is 0.546. The standard InChI is InChI=1S/C13H17NOS/c1-2-4-13-11(3-1)12(9-16-13)14-10-5-7-15-8-6-10/h1-4,10,12,14H,5-9H2. The van der Waals surface area contributed by atoms with Gasteiger partial charge in [-0.15, -0.1) is 11.8 Å². The first-order valence-corrected chi connectivity index (χ1v) is 6.97. The zero-order valence-electron chi connectivity index (χ0n) is 9.32. The number of nitrogens with one attached hydrogen (secondary N) is 1. The lowest BCUT2D eigenvalue weighted by Crippen LogP contribution is -2.37. The van der Waals surface area contributed by atoms with Crippen LogP contribution >= 0.6 is 11.8 Å². The van der Waals surface area contributed by atoms with E-state index in [4.69, 9.17) is 4.74 Å². The molecule has 2 aliphatic heterocycles. The summed E-state index contributed by atoms with van der Waals surface area (Å²) in [5.74, 6) is 1.18. The monoisotopic (exact) mass is 235 g/mol. The predicted molar refractivity (Wildman–Crippen MR) is 66.9 cm³/mol. The number of fused-ring (bicyclic) bond motifs is 1. The minimum absolute atomic E-state index is 0.546. The Morgan fingerprint density at radius 3 is 2.88 bits per heavy atom. The van der Waals surface area contributed by atoms with Crippen LogP contribution in [0.15, 0.2) is 29.2 Å². The highest BCUT2D eigenvalue weighted by atomic mass is 32.2. The molecule has 1 atom stereocenters. The van der Waals surface area contributed by atoms with E-state index < -0.39 is 0 Å². The van der Waals surface area contributed by atoms with Gasteiger partial charge >= 0.3 is 0 Å². The van der Waals surface area contributed by atoms with Gasteiger partial charge in [-0.2, -0.15) is 0 Å². The molecule has 0 saturated carbocycles. The van der Waals surface area contributed by atoms with E-state index >= 15 is 0 Å². The molecular formula is C13H17NOS. The molecule has 2 aliphatic rings. The maximum atomic E-state index is 5.39. The lowest BCUT2D eigenvalue weighted by Gasteiger charge is -2.26. The Kier molecular flexibility index (Phi) is 3.18. The van der Waals surface area contributed by atoms with E-state index in [1.807, 2.05) is 11.8 Å². The van der Waals surface area contributed by atoms with Crippen LogP contribution < -0.4 is 5.32 Å². The van der Waals surface area contributed by atoms with Crippen LogP contribution in [0, 0.1) is 0 Å². The molecule has 1 N–H and O–H groups in total. The largest absolute Gasteiger partial charge is 0.381 e. The number of thioether (sulfide) groups is 1. The van der Waals surface area contributed by atoms with Gasteiger partial charge in [0, 0.05) is 35.9 Å². The van der Waals surface area contributed by atoms with Gasteiger partial charge in [0.15, 0.2) is 0 Å². The Balaban J connectivity index is 1.68. The summed E-state index contributed by atoms with van der Waals surface area (Å²) in [5, 5.41) is 3.77. The molecular weight excluding hydrogens is 218 g/mol. The van der Waals surface area contributed by atoms with Gasteiger partial charge in [-0.05, 0) is 24.5 Å². The molecule has 1 aromatic rings. The second-order valence-corrected chi connectivity index (χ2v) is 5.52. The molecule has 16 heavy (non-hydrogen) atoms. The average Bonchev–Trinajstić information content (AvgIpc) is 2.74. The van der Waals surface area contributed by atoms with Crippen molar-refractivity contribution in [3.05, 3.63) is 29.8 Å². The number of ether oxygens (including phenoxy) is 1. The summed E-state index contributed by atoms with van der Waals surface area (Å²) >= 11 is 1.97. The van der Waals surface area contributed by atoms with E-state index in [9.17, 15) is 0 Å². The Labute approximate surface area is 101 Å². The Hall–Kier alpha value is -0.510. The van der Waals surface area contributed by atoms with Crippen molar-refractivity contribution in [2.75, 3.05) is 19.0 Å². The SMILES string of the molecule is c1ccc2c(c1)SCC2NC1CCOCC1. The number of hydrogen-bond donors (Lipinski definition) is 1. The molecule has 1 fully saturated rings.